The number of phenolic OH excluding ortho intramolecular Hbond substituents is 1. The first kappa shape index (κ1) is 20.2. The van der Waals surface area contributed by atoms with Crippen molar-refractivity contribution in [1.82, 2.24) is 10.2 Å². The number of nitrogens with one attached hydrogen (secondary N) is 1. The van der Waals surface area contributed by atoms with Crippen LogP contribution in [0, 0.1) is 5.82 Å². The minimum Gasteiger partial charge on any atom is -0.508 e. The van der Waals surface area contributed by atoms with Crippen LogP contribution in [0.15, 0.2) is 30.4 Å². The summed E-state index contributed by atoms with van der Waals surface area (Å²) < 4.78 is 13.4. The fourth-order valence-corrected chi connectivity index (χ4v) is 2.55. The van der Waals surface area contributed by atoms with E-state index in [2.05, 4.69) is 16.8 Å². The Balaban J connectivity index is 0.00000200. The van der Waals surface area contributed by atoms with Crippen LogP contribution in [0.2, 0.25) is 0 Å². The maximum Gasteiger partial charge on any atom is 0.123 e. The van der Waals surface area contributed by atoms with Gasteiger partial charge in [-0.25, -0.2) is 4.39 Å². The van der Waals surface area contributed by atoms with Crippen molar-refractivity contribution in [1.29, 1.82) is 0 Å². The molecule has 0 bridgehead atoms. The third-order valence-electron chi connectivity index (χ3n) is 3.48. The normalized spacial score (nSPS) is 16.5. The van der Waals surface area contributed by atoms with E-state index in [1.54, 1.807) is 0 Å². The summed E-state index contributed by atoms with van der Waals surface area (Å²) in [5.74, 6) is -0.152. The molecule has 1 aromatic carbocycles. The number of aromatic hydroxyl groups is 1. The van der Waals surface area contributed by atoms with Crippen molar-refractivity contribution >= 4 is 24.8 Å². The molecule has 1 heterocycles. The second-order valence-corrected chi connectivity index (χ2v) is 5.17. The first-order valence-electron chi connectivity index (χ1n) is 6.65. The van der Waals surface area contributed by atoms with Gasteiger partial charge in [0.15, 0.2) is 0 Å². The van der Waals surface area contributed by atoms with E-state index in [-0.39, 0.29) is 42.4 Å². The number of hydrogen-bond donors (Lipinski definition) is 2. The lowest BCUT2D eigenvalue weighted by atomic mass is 9.97. The van der Waals surface area contributed by atoms with E-state index in [0.717, 1.165) is 38.2 Å². The molecule has 2 N–H and O–H groups in total. The van der Waals surface area contributed by atoms with E-state index in [1.165, 1.54) is 18.2 Å². The maximum atomic E-state index is 13.4. The Morgan fingerprint density at radius 3 is 2.57 bits per heavy atom. The summed E-state index contributed by atoms with van der Waals surface area (Å²) in [7, 11) is 0. The third kappa shape index (κ3) is 5.47. The van der Waals surface area contributed by atoms with Gasteiger partial charge in [-0.3, -0.25) is 4.90 Å². The number of halogens is 3. The lowest BCUT2D eigenvalue weighted by Gasteiger charge is -2.35. The third-order valence-corrected chi connectivity index (χ3v) is 3.48. The van der Waals surface area contributed by atoms with Gasteiger partial charge in [-0.2, -0.15) is 0 Å². The first-order valence-corrected chi connectivity index (χ1v) is 6.65. The van der Waals surface area contributed by atoms with E-state index in [9.17, 15) is 9.50 Å². The Morgan fingerprint density at radius 2 is 2.00 bits per heavy atom. The van der Waals surface area contributed by atoms with Gasteiger partial charge in [-0.1, -0.05) is 5.57 Å². The molecule has 1 aliphatic heterocycles. The van der Waals surface area contributed by atoms with E-state index in [4.69, 9.17) is 0 Å². The Kier molecular flexibility index (Phi) is 8.90. The molecule has 21 heavy (non-hydrogen) atoms. The van der Waals surface area contributed by atoms with Crippen molar-refractivity contribution in [2.75, 3.05) is 26.2 Å². The molecular weight excluding hydrogens is 314 g/mol. The van der Waals surface area contributed by atoms with Crippen LogP contribution in [0.1, 0.15) is 24.9 Å². The fourth-order valence-electron chi connectivity index (χ4n) is 2.55. The van der Waals surface area contributed by atoms with Gasteiger partial charge in [0.1, 0.15) is 11.6 Å². The van der Waals surface area contributed by atoms with Gasteiger partial charge in [0.2, 0.25) is 0 Å². The van der Waals surface area contributed by atoms with Gasteiger partial charge >= 0.3 is 0 Å². The molecule has 120 valence electrons. The van der Waals surface area contributed by atoms with Gasteiger partial charge in [-0.15, -0.1) is 31.4 Å². The van der Waals surface area contributed by atoms with E-state index >= 15 is 0 Å². The zero-order valence-corrected chi connectivity index (χ0v) is 13.8. The largest absolute Gasteiger partial charge is 0.508 e. The van der Waals surface area contributed by atoms with Crippen molar-refractivity contribution in [3.8, 4) is 5.75 Å². The summed E-state index contributed by atoms with van der Waals surface area (Å²) in [6.45, 7) is 9.55. The molecule has 0 aromatic heterocycles. The smallest absolute Gasteiger partial charge is 0.123 e. The quantitative estimate of drug-likeness (QED) is 0.828. The average molecular weight is 337 g/mol. The number of rotatable bonds is 4. The molecule has 0 spiro atoms. The molecule has 0 aliphatic carbocycles. The lowest BCUT2D eigenvalue weighted by molar-refractivity contribution is 0.169. The molecule has 0 amide bonds. The molecule has 0 radical (unpaired) electrons. The highest BCUT2D eigenvalue weighted by molar-refractivity contribution is 5.85. The van der Waals surface area contributed by atoms with Gasteiger partial charge in [-0.05, 0) is 31.5 Å². The molecule has 0 saturated carbocycles. The predicted octanol–water partition coefficient (Wildman–Crippen LogP) is 3.29. The molecule has 3 nitrogen and oxygen atoms in total. The van der Waals surface area contributed by atoms with Crippen LogP contribution in [0.4, 0.5) is 4.39 Å². The highest BCUT2D eigenvalue weighted by atomic mass is 35.5. The molecule has 2 rings (SSSR count). The van der Waals surface area contributed by atoms with Crippen LogP contribution in [-0.4, -0.2) is 36.2 Å². The van der Waals surface area contributed by atoms with Gasteiger partial charge in [0, 0.05) is 37.8 Å². The van der Waals surface area contributed by atoms with Gasteiger partial charge < -0.3 is 10.4 Å². The van der Waals surface area contributed by atoms with E-state index < -0.39 is 0 Å². The number of phenols is 1. The number of benzene rings is 1. The molecule has 0 unspecified atom stereocenters. The molecule has 6 heteroatoms. The summed E-state index contributed by atoms with van der Waals surface area (Å²) in [4.78, 5) is 2.28. The number of piperazine rings is 1. The SMILES string of the molecule is C=C(C)C[C@@H](c1cc(F)ccc1O)N1CCNCC1.Cl.Cl. The van der Waals surface area contributed by atoms with Crippen LogP contribution < -0.4 is 5.32 Å². The summed E-state index contributed by atoms with van der Waals surface area (Å²) in [6, 6.07) is 4.15. The summed E-state index contributed by atoms with van der Waals surface area (Å²) >= 11 is 0. The summed E-state index contributed by atoms with van der Waals surface area (Å²) in [5, 5.41) is 13.3. The monoisotopic (exact) mass is 336 g/mol. The van der Waals surface area contributed by atoms with Crippen LogP contribution in [-0.2, 0) is 0 Å². The van der Waals surface area contributed by atoms with Crippen LogP contribution in [0.25, 0.3) is 0 Å². The maximum absolute atomic E-state index is 13.4. The molecule has 1 aliphatic rings. The van der Waals surface area contributed by atoms with Crippen molar-refractivity contribution < 1.29 is 9.50 Å². The molecular formula is C15H23Cl2FN2O. The van der Waals surface area contributed by atoms with Crippen molar-refractivity contribution in [3.63, 3.8) is 0 Å². The summed E-state index contributed by atoms with van der Waals surface area (Å²) in [6.07, 6.45) is 0.733. The molecule has 1 atom stereocenters. The van der Waals surface area contributed by atoms with E-state index in [0.29, 0.717) is 5.56 Å². The topological polar surface area (TPSA) is 35.5 Å². The Bertz CT molecular complexity index is 465. The van der Waals surface area contributed by atoms with Crippen molar-refractivity contribution in [2.45, 2.75) is 19.4 Å². The fraction of sp³-hybridized carbons (Fsp3) is 0.467. The zero-order valence-electron chi connectivity index (χ0n) is 12.1. The zero-order chi connectivity index (χ0) is 13.8. The highest BCUT2D eigenvalue weighted by Gasteiger charge is 2.24. The Hall–Kier alpha value is -0.810. The second-order valence-electron chi connectivity index (χ2n) is 5.17. The first-order chi connectivity index (χ1) is 9.08. The molecule has 1 saturated heterocycles. The van der Waals surface area contributed by atoms with Crippen molar-refractivity contribution in [2.24, 2.45) is 0 Å². The second kappa shape index (κ2) is 9.26. The average Bonchev–Trinajstić information content (AvgIpc) is 2.40. The van der Waals surface area contributed by atoms with Crippen molar-refractivity contribution in [3.05, 3.63) is 41.7 Å². The standard InChI is InChI=1S/C15H21FN2O.2ClH/c1-11(2)9-14(18-7-5-17-6-8-18)13-10-12(16)3-4-15(13)19;;/h3-4,10,14,17,19H,1,5-9H2,2H3;2*1H/t14-;;/m0../s1. The molecule has 1 fully saturated rings. The van der Waals surface area contributed by atoms with Gasteiger partial charge in [0.05, 0.1) is 0 Å². The minimum atomic E-state index is -0.311. The van der Waals surface area contributed by atoms with Crippen LogP contribution in [0.3, 0.4) is 0 Å². The Morgan fingerprint density at radius 1 is 1.38 bits per heavy atom. The number of nitrogens with zero attached hydrogens (tertiary/aromatic N) is 1. The highest BCUT2D eigenvalue weighted by Crippen LogP contribution is 2.33. The van der Waals surface area contributed by atoms with Gasteiger partial charge in [0.25, 0.3) is 0 Å². The Labute approximate surface area is 138 Å². The van der Waals surface area contributed by atoms with E-state index in [1.807, 2.05) is 6.92 Å². The van der Waals surface area contributed by atoms with Crippen LogP contribution >= 0.6 is 24.8 Å². The minimum absolute atomic E-state index is 0. The predicted molar refractivity (Wildman–Crippen MR) is 89.2 cm³/mol. The number of hydrogen-bond acceptors (Lipinski definition) is 3. The lowest BCUT2D eigenvalue weighted by Crippen LogP contribution is -2.45. The molecule has 1 aromatic rings. The van der Waals surface area contributed by atoms with Crippen LogP contribution in [0.5, 0.6) is 5.75 Å². The summed E-state index contributed by atoms with van der Waals surface area (Å²) in [5.41, 5.74) is 1.69.